The van der Waals surface area contributed by atoms with Crippen molar-refractivity contribution in [3.05, 3.63) is 47.5 Å². The zero-order chi connectivity index (χ0) is 17.5. The third kappa shape index (κ3) is 3.92. The van der Waals surface area contributed by atoms with Gasteiger partial charge in [-0.1, -0.05) is 18.2 Å². The maximum absolute atomic E-state index is 5.47. The Morgan fingerprint density at radius 2 is 1.54 bits per heavy atom. The van der Waals surface area contributed by atoms with Crippen LogP contribution in [0.3, 0.4) is 0 Å². The van der Waals surface area contributed by atoms with E-state index >= 15 is 0 Å². The Morgan fingerprint density at radius 1 is 0.833 bits per heavy atom. The van der Waals surface area contributed by atoms with Crippen LogP contribution >= 0.6 is 0 Å². The highest BCUT2D eigenvalue weighted by Gasteiger charge is 2.13. The third-order valence-electron chi connectivity index (χ3n) is 3.99. The molecule has 0 radical (unpaired) electrons. The highest BCUT2D eigenvalue weighted by Crippen LogP contribution is 2.32. The van der Waals surface area contributed by atoms with Crippen LogP contribution < -0.4 is 24.3 Å². The summed E-state index contributed by atoms with van der Waals surface area (Å²) in [5.41, 5.74) is 2.17. The van der Waals surface area contributed by atoms with E-state index in [2.05, 4.69) is 12.2 Å². The molecule has 0 aromatic heterocycles. The molecule has 2 aromatic carbocycles. The summed E-state index contributed by atoms with van der Waals surface area (Å²) >= 11 is 0. The van der Waals surface area contributed by atoms with Gasteiger partial charge in [-0.25, -0.2) is 0 Å². The number of para-hydroxylation sites is 1. The monoisotopic (exact) mass is 331 g/mol. The van der Waals surface area contributed by atoms with E-state index in [0.29, 0.717) is 6.54 Å². The lowest BCUT2D eigenvalue weighted by Crippen LogP contribution is -2.18. The van der Waals surface area contributed by atoms with Crippen molar-refractivity contribution in [2.24, 2.45) is 0 Å². The molecule has 0 saturated carbocycles. The maximum Gasteiger partial charge on any atom is 0.165 e. The first-order valence-corrected chi connectivity index (χ1v) is 7.79. The largest absolute Gasteiger partial charge is 0.493 e. The van der Waals surface area contributed by atoms with Crippen molar-refractivity contribution in [2.45, 2.75) is 19.5 Å². The van der Waals surface area contributed by atoms with Crippen LogP contribution in [0.25, 0.3) is 0 Å². The molecule has 1 unspecified atom stereocenters. The zero-order valence-electron chi connectivity index (χ0n) is 14.9. The molecule has 0 fully saturated rings. The van der Waals surface area contributed by atoms with Gasteiger partial charge in [0.15, 0.2) is 23.0 Å². The second-order valence-electron chi connectivity index (χ2n) is 5.37. The van der Waals surface area contributed by atoms with Gasteiger partial charge in [0.05, 0.1) is 28.4 Å². The summed E-state index contributed by atoms with van der Waals surface area (Å²) in [6, 6.07) is 11.9. The first-order valence-electron chi connectivity index (χ1n) is 7.79. The number of ether oxygens (including phenoxy) is 4. The molecule has 0 heterocycles. The smallest absolute Gasteiger partial charge is 0.165 e. The average molecular weight is 331 g/mol. The van der Waals surface area contributed by atoms with Gasteiger partial charge in [-0.2, -0.15) is 0 Å². The van der Waals surface area contributed by atoms with Gasteiger partial charge in [0.2, 0.25) is 0 Å². The number of rotatable bonds is 8. The van der Waals surface area contributed by atoms with Crippen LogP contribution in [-0.2, 0) is 6.54 Å². The van der Waals surface area contributed by atoms with Crippen molar-refractivity contribution in [3.8, 4) is 23.0 Å². The lowest BCUT2D eigenvalue weighted by Gasteiger charge is -2.18. The topological polar surface area (TPSA) is 49.0 Å². The van der Waals surface area contributed by atoms with Crippen molar-refractivity contribution >= 4 is 0 Å². The van der Waals surface area contributed by atoms with Crippen molar-refractivity contribution in [3.63, 3.8) is 0 Å². The SMILES string of the molecule is COc1ccc(C(C)NCc2cccc(OC)c2OC)cc1OC. The number of nitrogens with one attached hydrogen (secondary N) is 1. The van der Waals surface area contributed by atoms with Crippen molar-refractivity contribution in [1.29, 1.82) is 0 Å². The fourth-order valence-electron chi connectivity index (χ4n) is 2.60. The molecule has 0 aliphatic carbocycles. The van der Waals surface area contributed by atoms with Crippen LogP contribution in [0.1, 0.15) is 24.1 Å². The van der Waals surface area contributed by atoms with Crippen LogP contribution in [-0.4, -0.2) is 28.4 Å². The lowest BCUT2D eigenvalue weighted by atomic mass is 10.1. The average Bonchev–Trinajstić information content (AvgIpc) is 2.64. The molecule has 0 spiro atoms. The Balaban J connectivity index is 2.12. The van der Waals surface area contributed by atoms with Crippen LogP contribution in [0.2, 0.25) is 0 Å². The minimum Gasteiger partial charge on any atom is -0.493 e. The summed E-state index contributed by atoms with van der Waals surface area (Å²) in [5, 5.41) is 3.50. The third-order valence-corrected chi connectivity index (χ3v) is 3.99. The van der Waals surface area contributed by atoms with Gasteiger partial charge in [0, 0.05) is 18.2 Å². The minimum absolute atomic E-state index is 0.140. The number of hydrogen-bond acceptors (Lipinski definition) is 5. The molecule has 0 amide bonds. The Labute approximate surface area is 143 Å². The number of hydrogen-bond donors (Lipinski definition) is 1. The van der Waals surface area contributed by atoms with Crippen molar-refractivity contribution < 1.29 is 18.9 Å². The van der Waals surface area contributed by atoms with Crippen LogP contribution in [0, 0.1) is 0 Å². The summed E-state index contributed by atoms with van der Waals surface area (Å²) in [5.74, 6) is 2.94. The van der Waals surface area contributed by atoms with Crippen molar-refractivity contribution in [2.75, 3.05) is 28.4 Å². The molecule has 1 N–H and O–H groups in total. The Hall–Kier alpha value is -2.40. The Kier molecular flexibility index (Phi) is 6.32. The van der Waals surface area contributed by atoms with Gasteiger partial charge >= 0.3 is 0 Å². The summed E-state index contributed by atoms with van der Waals surface area (Å²) in [6.07, 6.45) is 0. The van der Waals surface area contributed by atoms with Gasteiger partial charge < -0.3 is 24.3 Å². The summed E-state index contributed by atoms with van der Waals surface area (Å²) < 4.78 is 21.5. The van der Waals surface area contributed by atoms with E-state index in [-0.39, 0.29) is 6.04 Å². The number of benzene rings is 2. The van der Waals surface area contributed by atoms with Crippen LogP contribution in [0.15, 0.2) is 36.4 Å². The first kappa shape index (κ1) is 17.9. The molecule has 0 saturated heterocycles. The molecular weight excluding hydrogens is 306 g/mol. The first-order chi connectivity index (χ1) is 11.6. The molecule has 5 nitrogen and oxygen atoms in total. The quantitative estimate of drug-likeness (QED) is 0.801. The maximum atomic E-state index is 5.47. The predicted molar refractivity (Wildman–Crippen MR) is 94.3 cm³/mol. The van der Waals surface area contributed by atoms with E-state index in [0.717, 1.165) is 34.1 Å². The van der Waals surface area contributed by atoms with E-state index < -0.39 is 0 Å². The molecule has 1 atom stereocenters. The van der Waals surface area contributed by atoms with Gasteiger partial charge in [-0.3, -0.25) is 0 Å². The molecule has 24 heavy (non-hydrogen) atoms. The number of methoxy groups -OCH3 is 4. The second-order valence-corrected chi connectivity index (χ2v) is 5.37. The van der Waals surface area contributed by atoms with E-state index in [9.17, 15) is 0 Å². The van der Waals surface area contributed by atoms with Crippen LogP contribution in [0.4, 0.5) is 0 Å². The van der Waals surface area contributed by atoms with Gasteiger partial charge in [-0.05, 0) is 30.7 Å². The van der Waals surface area contributed by atoms with Gasteiger partial charge in [-0.15, -0.1) is 0 Å². The second kappa shape index (κ2) is 8.45. The molecule has 2 rings (SSSR count). The van der Waals surface area contributed by atoms with Crippen molar-refractivity contribution in [1.82, 2.24) is 5.32 Å². The molecule has 0 bridgehead atoms. The molecular formula is C19H25NO4. The highest BCUT2D eigenvalue weighted by atomic mass is 16.5. The summed E-state index contributed by atoms with van der Waals surface area (Å²) in [4.78, 5) is 0. The van der Waals surface area contributed by atoms with E-state index in [1.165, 1.54) is 0 Å². The lowest BCUT2D eigenvalue weighted by molar-refractivity contribution is 0.349. The predicted octanol–water partition coefficient (Wildman–Crippen LogP) is 3.57. The van der Waals surface area contributed by atoms with E-state index in [1.807, 2.05) is 36.4 Å². The zero-order valence-corrected chi connectivity index (χ0v) is 14.9. The molecule has 5 heteroatoms. The molecule has 130 valence electrons. The van der Waals surface area contributed by atoms with E-state index in [1.54, 1.807) is 28.4 Å². The van der Waals surface area contributed by atoms with Gasteiger partial charge in [0.1, 0.15) is 0 Å². The fourth-order valence-corrected chi connectivity index (χ4v) is 2.60. The fraction of sp³-hybridized carbons (Fsp3) is 0.368. The van der Waals surface area contributed by atoms with E-state index in [4.69, 9.17) is 18.9 Å². The Morgan fingerprint density at radius 3 is 2.17 bits per heavy atom. The summed E-state index contributed by atoms with van der Waals surface area (Å²) in [7, 11) is 6.57. The normalized spacial score (nSPS) is 11.7. The molecule has 0 aliphatic rings. The standard InChI is InChI=1S/C19H25NO4/c1-13(14-9-10-16(21-2)18(11-14)23-4)20-12-15-7-6-8-17(22-3)19(15)24-5/h6-11,13,20H,12H2,1-5H3. The molecule has 0 aliphatic heterocycles. The molecule has 2 aromatic rings. The van der Waals surface area contributed by atoms with Gasteiger partial charge in [0.25, 0.3) is 0 Å². The Bertz CT molecular complexity index is 672. The summed E-state index contributed by atoms with van der Waals surface area (Å²) in [6.45, 7) is 2.77. The highest BCUT2D eigenvalue weighted by molar-refractivity contribution is 5.47. The van der Waals surface area contributed by atoms with Crippen LogP contribution in [0.5, 0.6) is 23.0 Å². The minimum atomic E-state index is 0.140.